The highest BCUT2D eigenvalue weighted by Crippen LogP contribution is 2.40. The zero-order valence-electron chi connectivity index (χ0n) is 12.4. The molecule has 1 aliphatic carbocycles. The third-order valence-corrected chi connectivity index (χ3v) is 3.81. The minimum absolute atomic E-state index is 0.0100. The maximum Gasteiger partial charge on any atom is 0.272 e. The van der Waals surface area contributed by atoms with Crippen molar-refractivity contribution in [3.8, 4) is 0 Å². The number of amides is 1. The zero-order valence-corrected chi connectivity index (χ0v) is 12.4. The zero-order chi connectivity index (χ0) is 14.8. The van der Waals surface area contributed by atoms with Gasteiger partial charge in [0.2, 0.25) is 0 Å². The number of carbonyl (C=O) groups is 1. The molecule has 1 atom stereocenters. The van der Waals surface area contributed by atoms with Gasteiger partial charge in [0.15, 0.2) is 0 Å². The topological polar surface area (TPSA) is 59.8 Å². The van der Waals surface area contributed by atoms with E-state index in [0.29, 0.717) is 11.6 Å². The Bertz CT molecular complexity index is 645. The van der Waals surface area contributed by atoms with Crippen molar-refractivity contribution >= 4 is 5.91 Å². The van der Waals surface area contributed by atoms with Gasteiger partial charge >= 0.3 is 0 Å². The van der Waals surface area contributed by atoms with Crippen LogP contribution in [0.15, 0.2) is 30.5 Å². The number of pyridine rings is 1. The SMILES string of the molecule is CCn1ccc(C(=O)N[C@@H](c2cccc(C)n2)C2CC2)n1. The number of aromatic nitrogens is 3. The van der Waals surface area contributed by atoms with Gasteiger partial charge in [-0.25, -0.2) is 0 Å². The lowest BCUT2D eigenvalue weighted by atomic mass is 10.1. The standard InChI is InChI=1S/C16H20N4O/c1-3-20-10-9-14(19-20)16(21)18-15(12-7-8-12)13-6-4-5-11(2)17-13/h4-6,9-10,12,15H,3,7-8H2,1-2H3,(H,18,21)/t15-/m1/s1. The minimum atomic E-state index is -0.123. The molecule has 0 bridgehead atoms. The van der Waals surface area contributed by atoms with Gasteiger partial charge < -0.3 is 5.32 Å². The summed E-state index contributed by atoms with van der Waals surface area (Å²) in [7, 11) is 0. The molecule has 0 spiro atoms. The number of hydrogen-bond acceptors (Lipinski definition) is 3. The molecule has 110 valence electrons. The highest BCUT2D eigenvalue weighted by Gasteiger charge is 2.34. The van der Waals surface area contributed by atoms with Crippen molar-refractivity contribution in [2.24, 2.45) is 5.92 Å². The van der Waals surface area contributed by atoms with Gasteiger partial charge in [-0.05, 0) is 50.8 Å². The molecule has 2 aromatic heterocycles. The number of hydrogen-bond donors (Lipinski definition) is 1. The average molecular weight is 284 g/mol. The fourth-order valence-electron chi connectivity index (χ4n) is 2.47. The average Bonchev–Trinajstić information content (AvgIpc) is 3.20. The second kappa shape index (κ2) is 5.68. The van der Waals surface area contributed by atoms with E-state index in [1.165, 1.54) is 0 Å². The van der Waals surface area contributed by atoms with Gasteiger partial charge in [-0.3, -0.25) is 14.5 Å². The number of carbonyl (C=O) groups excluding carboxylic acids is 1. The van der Waals surface area contributed by atoms with E-state index in [9.17, 15) is 4.79 Å². The summed E-state index contributed by atoms with van der Waals surface area (Å²) in [5.74, 6) is 0.374. The number of nitrogens with zero attached hydrogens (tertiary/aromatic N) is 3. The second-order valence-corrected chi connectivity index (χ2v) is 5.55. The first kappa shape index (κ1) is 13.8. The van der Waals surface area contributed by atoms with Crippen molar-refractivity contribution in [1.29, 1.82) is 0 Å². The van der Waals surface area contributed by atoms with E-state index < -0.39 is 0 Å². The maximum absolute atomic E-state index is 12.4. The molecule has 2 heterocycles. The van der Waals surface area contributed by atoms with E-state index in [2.05, 4.69) is 15.4 Å². The quantitative estimate of drug-likeness (QED) is 0.917. The summed E-state index contributed by atoms with van der Waals surface area (Å²) >= 11 is 0. The number of nitrogens with one attached hydrogen (secondary N) is 1. The van der Waals surface area contributed by atoms with Gasteiger partial charge in [0.1, 0.15) is 5.69 Å². The fourth-order valence-corrected chi connectivity index (χ4v) is 2.47. The summed E-state index contributed by atoms with van der Waals surface area (Å²) in [6, 6.07) is 7.69. The smallest absolute Gasteiger partial charge is 0.272 e. The van der Waals surface area contributed by atoms with Gasteiger partial charge in [-0.1, -0.05) is 6.07 Å². The molecule has 1 saturated carbocycles. The van der Waals surface area contributed by atoms with Crippen LogP contribution in [0.4, 0.5) is 0 Å². The lowest BCUT2D eigenvalue weighted by molar-refractivity contribution is 0.0924. The van der Waals surface area contributed by atoms with Gasteiger partial charge in [-0.2, -0.15) is 5.10 Å². The Morgan fingerprint density at radius 1 is 1.43 bits per heavy atom. The lowest BCUT2D eigenvalue weighted by Gasteiger charge is -2.17. The Labute approximate surface area is 124 Å². The first-order valence-electron chi connectivity index (χ1n) is 7.45. The van der Waals surface area contributed by atoms with Crippen LogP contribution in [-0.2, 0) is 6.54 Å². The molecule has 21 heavy (non-hydrogen) atoms. The summed E-state index contributed by atoms with van der Waals surface area (Å²) in [5, 5.41) is 7.36. The summed E-state index contributed by atoms with van der Waals surface area (Å²) in [6.45, 7) is 4.73. The van der Waals surface area contributed by atoms with Crippen LogP contribution in [0.3, 0.4) is 0 Å². The van der Waals surface area contributed by atoms with E-state index in [1.807, 2.05) is 38.2 Å². The van der Waals surface area contributed by atoms with E-state index in [-0.39, 0.29) is 11.9 Å². The van der Waals surface area contributed by atoms with Crippen LogP contribution < -0.4 is 5.32 Å². The normalized spacial score (nSPS) is 15.7. The first-order chi connectivity index (χ1) is 10.2. The summed E-state index contributed by atoms with van der Waals surface area (Å²) in [5.41, 5.74) is 2.39. The molecule has 0 aromatic carbocycles. The number of rotatable bonds is 5. The van der Waals surface area contributed by atoms with E-state index in [0.717, 1.165) is 30.8 Å². The molecule has 5 heteroatoms. The van der Waals surface area contributed by atoms with E-state index in [1.54, 1.807) is 10.7 Å². The van der Waals surface area contributed by atoms with Crippen LogP contribution in [0.25, 0.3) is 0 Å². The van der Waals surface area contributed by atoms with Gasteiger partial charge in [0.05, 0.1) is 11.7 Å². The summed E-state index contributed by atoms with van der Waals surface area (Å²) < 4.78 is 1.76. The predicted octanol–water partition coefficient (Wildman–Crippen LogP) is 2.49. The monoisotopic (exact) mass is 284 g/mol. The van der Waals surface area contributed by atoms with Crippen LogP contribution in [0.1, 0.15) is 47.7 Å². The lowest BCUT2D eigenvalue weighted by Crippen LogP contribution is -2.31. The molecule has 0 aliphatic heterocycles. The largest absolute Gasteiger partial charge is 0.342 e. The van der Waals surface area contributed by atoms with Crippen molar-refractivity contribution in [2.45, 2.75) is 39.3 Å². The highest BCUT2D eigenvalue weighted by atomic mass is 16.2. The second-order valence-electron chi connectivity index (χ2n) is 5.55. The van der Waals surface area contributed by atoms with Crippen molar-refractivity contribution in [3.63, 3.8) is 0 Å². The molecule has 1 amide bonds. The molecule has 1 fully saturated rings. The Morgan fingerprint density at radius 3 is 2.86 bits per heavy atom. The number of aryl methyl sites for hydroxylation is 2. The Morgan fingerprint density at radius 2 is 2.24 bits per heavy atom. The predicted molar refractivity (Wildman–Crippen MR) is 79.8 cm³/mol. The van der Waals surface area contributed by atoms with Gasteiger partial charge in [0.25, 0.3) is 5.91 Å². The highest BCUT2D eigenvalue weighted by molar-refractivity contribution is 5.92. The van der Waals surface area contributed by atoms with Crippen LogP contribution in [0.5, 0.6) is 0 Å². The molecule has 5 nitrogen and oxygen atoms in total. The van der Waals surface area contributed by atoms with E-state index >= 15 is 0 Å². The Kier molecular flexibility index (Phi) is 3.73. The summed E-state index contributed by atoms with van der Waals surface area (Å²) in [6.07, 6.45) is 4.11. The fraction of sp³-hybridized carbons (Fsp3) is 0.438. The van der Waals surface area contributed by atoms with Crippen LogP contribution in [0.2, 0.25) is 0 Å². The molecule has 1 aliphatic rings. The van der Waals surface area contributed by atoms with E-state index in [4.69, 9.17) is 0 Å². The third kappa shape index (κ3) is 3.12. The molecular formula is C16H20N4O. The Balaban J connectivity index is 1.77. The minimum Gasteiger partial charge on any atom is -0.342 e. The van der Waals surface area contributed by atoms with Crippen molar-refractivity contribution < 1.29 is 4.79 Å². The first-order valence-corrected chi connectivity index (χ1v) is 7.45. The van der Waals surface area contributed by atoms with Crippen molar-refractivity contribution in [3.05, 3.63) is 47.5 Å². The summed E-state index contributed by atoms with van der Waals surface area (Å²) in [4.78, 5) is 16.9. The van der Waals surface area contributed by atoms with Crippen LogP contribution in [0, 0.1) is 12.8 Å². The van der Waals surface area contributed by atoms with Crippen LogP contribution >= 0.6 is 0 Å². The molecule has 0 saturated heterocycles. The maximum atomic E-state index is 12.4. The van der Waals surface area contributed by atoms with Crippen molar-refractivity contribution in [1.82, 2.24) is 20.1 Å². The molecule has 0 unspecified atom stereocenters. The molecule has 1 N–H and O–H groups in total. The third-order valence-electron chi connectivity index (χ3n) is 3.81. The van der Waals surface area contributed by atoms with Crippen molar-refractivity contribution in [2.75, 3.05) is 0 Å². The van der Waals surface area contributed by atoms with Crippen LogP contribution in [-0.4, -0.2) is 20.7 Å². The molecular weight excluding hydrogens is 264 g/mol. The Hall–Kier alpha value is -2.17. The van der Waals surface area contributed by atoms with Gasteiger partial charge in [0, 0.05) is 18.4 Å². The molecule has 2 aromatic rings. The molecule has 3 rings (SSSR count). The molecule has 0 radical (unpaired) electrons. The van der Waals surface area contributed by atoms with Gasteiger partial charge in [-0.15, -0.1) is 0 Å².